The summed E-state index contributed by atoms with van der Waals surface area (Å²) in [7, 11) is 0. The zero-order valence-corrected chi connectivity index (χ0v) is 24.8. The van der Waals surface area contributed by atoms with Gasteiger partial charge in [0.1, 0.15) is 10.8 Å². The van der Waals surface area contributed by atoms with E-state index in [4.69, 9.17) is 4.74 Å². The number of esters is 1. The maximum Gasteiger partial charge on any atom is 0.341 e. The lowest BCUT2D eigenvalue weighted by Crippen LogP contribution is -2.25. The van der Waals surface area contributed by atoms with Gasteiger partial charge in [-0.1, -0.05) is 48.2 Å². The summed E-state index contributed by atoms with van der Waals surface area (Å²) < 4.78 is 20.7. The van der Waals surface area contributed by atoms with E-state index in [2.05, 4.69) is 20.8 Å². The predicted octanol–water partition coefficient (Wildman–Crippen LogP) is 5.24. The molecule has 1 aliphatic carbocycles. The van der Waals surface area contributed by atoms with Crippen molar-refractivity contribution in [2.45, 2.75) is 56.6 Å². The average molecular weight is 608 g/mol. The summed E-state index contributed by atoms with van der Waals surface area (Å²) in [6, 6.07) is 15.1. The molecule has 9 nitrogen and oxygen atoms in total. The number of fused-ring (bicyclic) bond motifs is 1. The number of rotatable bonds is 11. The Bertz CT molecular complexity index is 1600. The van der Waals surface area contributed by atoms with Crippen LogP contribution in [0.25, 0.3) is 0 Å². The number of anilines is 1. The number of hydrogen-bond donors (Lipinski definition) is 2. The van der Waals surface area contributed by atoms with E-state index < -0.39 is 22.9 Å². The van der Waals surface area contributed by atoms with Crippen molar-refractivity contribution in [3.8, 4) is 0 Å². The highest BCUT2D eigenvalue weighted by molar-refractivity contribution is 8.00. The molecule has 1 aliphatic rings. The van der Waals surface area contributed by atoms with Crippen LogP contribution in [-0.2, 0) is 35.5 Å². The van der Waals surface area contributed by atoms with Crippen LogP contribution < -0.4 is 10.6 Å². The van der Waals surface area contributed by atoms with Crippen molar-refractivity contribution in [3.63, 3.8) is 0 Å². The Balaban J connectivity index is 1.33. The van der Waals surface area contributed by atoms with Crippen molar-refractivity contribution in [1.82, 2.24) is 20.1 Å². The number of nitrogens with zero attached hydrogens (tertiary/aromatic N) is 3. The van der Waals surface area contributed by atoms with Crippen molar-refractivity contribution in [1.29, 1.82) is 0 Å². The molecule has 218 valence electrons. The van der Waals surface area contributed by atoms with Crippen LogP contribution in [-0.4, -0.2) is 44.4 Å². The number of amides is 2. The minimum atomic E-state index is -0.578. The molecule has 0 radical (unpaired) electrons. The van der Waals surface area contributed by atoms with Crippen molar-refractivity contribution >= 4 is 45.9 Å². The van der Waals surface area contributed by atoms with Crippen LogP contribution >= 0.6 is 23.1 Å². The van der Waals surface area contributed by atoms with E-state index in [-0.39, 0.29) is 24.6 Å². The molecule has 1 atom stereocenters. The average Bonchev–Trinajstić information content (AvgIpc) is 3.67. The molecule has 0 saturated heterocycles. The van der Waals surface area contributed by atoms with Crippen LogP contribution in [0.1, 0.15) is 62.8 Å². The largest absolute Gasteiger partial charge is 0.462 e. The first kappa shape index (κ1) is 29.5. The number of thiophene rings is 1. The first-order chi connectivity index (χ1) is 20.3. The fourth-order valence-corrected chi connectivity index (χ4v) is 6.84. The van der Waals surface area contributed by atoms with Gasteiger partial charge in [-0.25, -0.2) is 9.18 Å². The number of nitrogens with one attached hydrogen (secondary N) is 2. The van der Waals surface area contributed by atoms with E-state index >= 15 is 0 Å². The Morgan fingerprint density at radius 1 is 1.12 bits per heavy atom. The first-order valence-corrected chi connectivity index (χ1v) is 15.3. The summed E-state index contributed by atoms with van der Waals surface area (Å²) in [6.45, 7) is 4.25. The molecule has 5 rings (SSSR count). The van der Waals surface area contributed by atoms with Crippen molar-refractivity contribution in [2.24, 2.45) is 0 Å². The highest BCUT2D eigenvalue weighted by Crippen LogP contribution is 2.40. The number of aryl methyl sites for hydroxylation is 1. The molecule has 2 amide bonds. The number of ether oxygens (including phenoxy) is 1. The zero-order valence-electron chi connectivity index (χ0n) is 23.2. The van der Waals surface area contributed by atoms with E-state index in [0.717, 1.165) is 35.3 Å². The minimum Gasteiger partial charge on any atom is -0.462 e. The van der Waals surface area contributed by atoms with Gasteiger partial charge in [0.05, 0.1) is 30.5 Å². The van der Waals surface area contributed by atoms with Crippen LogP contribution in [0.3, 0.4) is 0 Å². The second kappa shape index (κ2) is 13.3. The van der Waals surface area contributed by atoms with Gasteiger partial charge in [0.2, 0.25) is 5.91 Å². The van der Waals surface area contributed by atoms with E-state index in [1.165, 1.54) is 47.4 Å². The van der Waals surface area contributed by atoms with Crippen LogP contribution in [0.4, 0.5) is 9.39 Å². The molecule has 4 aromatic rings. The summed E-state index contributed by atoms with van der Waals surface area (Å²) in [6.07, 6.45) is 2.66. The van der Waals surface area contributed by atoms with Gasteiger partial charge < -0.3 is 19.9 Å². The van der Waals surface area contributed by atoms with Crippen molar-refractivity contribution < 1.29 is 23.5 Å². The zero-order chi connectivity index (χ0) is 29.6. The van der Waals surface area contributed by atoms with E-state index in [1.807, 2.05) is 34.9 Å². The molecule has 0 aliphatic heterocycles. The molecule has 2 aromatic heterocycles. The molecule has 0 saturated carbocycles. The molecule has 12 heteroatoms. The second-order valence-electron chi connectivity index (χ2n) is 9.69. The summed E-state index contributed by atoms with van der Waals surface area (Å²) in [4.78, 5) is 39.8. The van der Waals surface area contributed by atoms with Gasteiger partial charge in [-0.15, -0.1) is 21.5 Å². The number of hydrogen-bond acceptors (Lipinski definition) is 8. The first-order valence-electron chi connectivity index (χ1n) is 13.6. The molecular weight excluding hydrogens is 577 g/mol. The van der Waals surface area contributed by atoms with Gasteiger partial charge in [0.15, 0.2) is 11.0 Å². The third-order valence-electron chi connectivity index (χ3n) is 6.76. The Morgan fingerprint density at radius 2 is 1.93 bits per heavy atom. The molecule has 0 fully saturated rings. The summed E-state index contributed by atoms with van der Waals surface area (Å²) in [5, 5.41) is 14.8. The monoisotopic (exact) mass is 607 g/mol. The lowest BCUT2D eigenvalue weighted by Gasteiger charge is -2.14. The predicted molar refractivity (Wildman–Crippen MR) is 159 cm³/mol. The van der Waals surface area contributed by atoms with Gasteiger partial charge in [-0.2, -0.15) is 0 Å². The molecule has 1 unspecified atom stereocenters. The normalized spacial score (nSPS) is 12.9. The van der Waals surface area contributed by atoms with E-state index in [9.17, 15) is 18.8 Å². The van der Waals surface area contributed by atoms with Crippen molar-refractivity contribution in [3.05, 3.63) is 93.4 Å². The number of carbonyl (C=O) groups is 3. The maximum atomic E-state index is 13.6. The molecule has 2 heterocycles. The molecular formula is C30H30FN5O4S2. The third kappa shape index (κ3) is 6.71. The van der Waals surface area contributed by atoms with Gasteiger partial charge >= 0.3 is 5.97 Å². The molecule has 42 heavy (non-hydrogen) atoms. The van der Waals surface area contributed by atoms with Crippen LogP contribution in [0.2, 0.25) is 0 Å². The summed E-state index contributed by atoms with van der Waals surface area (Å²) >= 11 is 2.66. The van der Waals surface area contributed by atoms with E-state index in [0.29, 0.717) is 28.1 Å². The number of carbonyl (C=O) groups excluding carboxylic acids is 3. The quantitative estimate of drug-likeness (QED) is 0.177. The number of aromatic nitrogens is 3. The highest BCUT2D eigenvalue weighted by atomic mass is 32.2. The molecule has 0 bridgehead atoms. The summed E-state index contributed by atoms with van der Waals surface area (Å²) in [5.74, 6) is -1.15. The fourth-order valence-electron chi connectivity index (χ4n) is 4.69. The second-order valence-corrected chi connectivity index (χ2v) is 12.1. The summed E-state index contributed by atoms with van der Waals surface area (Å²) in [5.41, 5.74) is 2.62. The Labute approximate surface area is 250 Å². The Kier molecular flexibility index (Phi) is 9.33. The van der Waals surface area contributed by atoms with Crippen LogP contribution in [0, 0.1) is 5.82 Å². The van der Waals surface area contributed by atoms with Gasteiger partial charge in [-0.3, -0.25) is 9.59 Å². The van der Waals surface area contributed by atoms with Gasteiger partial charge in [0, 0.05) is 10.4 Å². The van der Waals surface area contributed by atoms with Gasteiger partial charge in [-0.05, 0) is 62.4 Å². The number of halogens is 1. The van der Waals surface area contributed by atoms with Crippen LogP contribution in [0.15, 0.2) is 59.8 Å². The molecule has 2 N–H and O–H groups in total. The fraction of sp³-hybridized carbons (Fsp3) is 0.300. The smallest absolute Gasteiger partial charge is 0.341 e. The minimum absolute atomic E-state index is 0.0555. The number of benzene rings is 2. The SMILES string of the molecule is CCOC(=O)c1c(NC(=O)C(C)Sc2nnc(CNC(=O)c3cccc(F)c3)n2Cc2ccccc2)sc2c1CCC2. The standard InChI is InChI=1S/C30H30FN5O4S2/c1-3-40-29(39)25-22-13-8-14-23(22)42-28(25)33-26(37)18(2)41-30-35-34-24(36(30)17-19-9-5-4-6-10-19)16-32-27(38)20-11-7-12-21(31)15-20/h4-7,9-12,15,18H,3,8,13-14,16-17H2,1-2H3,(H,32,38)(H,33,37). The Hall–Kier alpha value is -4.03. The lowest BCUT2D eigenvalue weighted by molar-refractivity contribution is -0.115. The number of thioether (sulfide) groups is 1. The third-order valence-corrected chi connectivity index (χ3v) is 9.05. The van der Waals surface area contributed by atoms with E-state index in [1.54, 1.807) is 13.8 Å². The topological polar surface area (TPSA) is 115 Å². The Morgan fingerprint density at radius 3 is 2.69 bits per heavy atom. The lowest BCUT2D eigenvalue weighted by atomic mass is 10.1. The van der Waals surface area contributed by atoms with Gasteiger partial charge in [0.25, 0.3) is 5.91 Å². The molecule has 0 spiro atoms. The molecule has 2 aromatic carbocycles. The van der Waals surface area contributed by atoms with Crippen LogP contribution in [0.5, 0.6) is 0 Å². The highest BCUT2D eigenvalue weighted by Gasteiger charge is 2.30. The maximum absolute atomic E-state index is 13.6. The van der Waals surface area contributed by atoms with Crippen molar-refractivity contribution in [2.75, 3.05) is 11.9 Å².